The Hall–Kier alpha value is -4.68. The second-order valence-electron chi connectivity index (χ2n) is 14.2. The van der Waals surface area contributed by atoms with Crippen molar-refractivity contribution in [2.45, 2.75) is 43.5 Å². The monoisotopic (exact) mass is 918 g/mol. The molecule has 4 aromatic carbocycles. The number of hydrogen-bond donors (Lipinski definition) is 0. The molecule has 0 unspecified atom stereocenters. The molecule has 0 fully saturated rings. The van der Waals surface area contributed by atoms with Crippen LogP contribution < -0.4 is 4.40 Å². The number of aromatic nitrogens is 3. The van der Waals surface area contributed by atoms with Gasteiger partial charge in [0.2, 0.25) is 0 Å². The summed E-state index contributed by atoms with van der Waals surface area (Å²) < 4.78 is 7.48. The SMILES string of the molecule is CC(C)c1ccnc(-c2[c-]cc3oc4ccc(-c5ccccc5)nc4c3c2)c1.[CH3][Ge]([CH3])([CH3])[c]1cnc(-c2[c-]cccc2)cc1Cc1ccccc1.[Ir]. The van der Waals surface area contributed by atoms with Crippen molar-refractivity contribution < 1.29 is 24.5 Å². The predicted octanol–water partition coefficient (Wildman–Crippen LogP) is 11.3. The van der Waals surface area contributed by atoms with E-state index in [1.165, 1.54) is 21.1 Å². The van der Waals surface area contributed by atoms with Crippen LogP contribution in [0.4, 0.5) is 0 Å². The van der Waals surface area contributed by atoms with Crippen LogP contribution in [0.15, 0.2) is 144 Å². The first-order chi connectivity index (χ1) is 24.7. The zero-order valence-corrected chi connectivity index (χ0v) is 34.6. The van der Waals surface area contributed by atoms with Gasteiger partial charge in [0.15, 0.2) is 0 Å². The molecule has 1 radical (unpaired) electrons. The molecule has 0 amide bonds. The summed E-state index contributed by atoms with van der Waals surface area (Å²) >= 11 is -1.96. The third-order valence-electron chi connectivity index (χ3n) is 9.06. The van der Waals surface area contributed by atoms with Crippen LogP contribution in [0.25, 0.3) is 55.8 Å². The van der Waals surface area contributed by atoms with E-state index >= 15 is 0 Å². The Morgan fingerprint density at radius 3 is 2.13 bits per heavy atom. The minimum atomic E-state index is -1.96. The molecule has 0 atom stereocenters. The van der Waals surface area contributed by atoms with Crippen LogP contribution in [0.2, 0.25) is 17.3 Å². The van der Waals surface area contributed by atoms with Gasteiger partial charge in [-0.3, -0.25) is 0 Å². The number of benzene rings is 4. The number of rotatable bonds is 7. The van der Waals surface area contributed by atoms with Gasteiger partial charge in [-0.25, -0.2) is 4.98 Å². The third kappa shape index (κ3) is 8.50. The van der Waals surface area contributed by atoms with E-state index in [4.69, 9.17) is 14.4 Å². The summed E-state index contributed by atoms with van der Waals surface area (Å²) in [5.74, 6) is 7.75. The topological polar surface area (TPSA) is 51.8 Å². The Labute approximate surface area is 323 Å². The number of nitrogens with zero attached hydrogens (tertiary/aromatic N) is 3. The fourth-order valence-corrected chi connectivity index (χ4v) is 9.60. The molecule has 8 aromatic rings. The van der Waals surface area contributed by atoms with Crippen molar-refractivity contribution in [1.29, 1.82) is 0 Å². The summed E-state index contributed by atoms with van der Waals surface area (Å²) in [6.45, 7) is 4.37. The molecular formula is C46H41GeIrN3O-2. The van der Waals surface area contributed by atoms with Crippen LogP contribution in [0, 0.1) is 12.1 Å². The van der Waals surface area contributed by atoms with Crippen LogP contribution in [-0.2, 0) is 26.5 Å². The maximum absolute atomic E-state index is 5.98. The molecule has 4 aromatic heterocycles. The van der Waals surface area contributed by atoms with Crippen molar-refractivity contribution in [3.05, 3.63) is 169 Å². The van der Waals surface area contributed by atoms with Crippen molar-refractivity contribution >= 4 is 39.7 Å². The van der Waals surface area contributed by atoms with Gasteiger partial charge in [-0.1, -0.05) is 55.8 Å². The second-order valence-corrected chi connectivity index (χ2v) is 24.8. The zero-order chi connectivity index (χ0) is 35.4. The van der Waals surface area contributed by atoms with Gasteiger partial charge in [-0.15, -0.1) is 23.8 Å². The Kier molecular flexibility index (Phi) is 11.7. The fourth-order valence-electron chi connectivity index (χ4n) is 6.29. The van der Waals surface area contributed by atoms with Crippen LogP contribution in [0.1, 0.15) is 36.5 Å². The Morgan fingerprint density at radius 2 is 1.42 bits per heavy atom. The van der Waals surface area contributed by atoms with Gasteiger partial charge >= 0.3 is 142 Å². The van der Waals surface area contributed by atoms with Gasteiger partial charge in [0.25, 0.3) is 0 Å². The molecule has 0 saturated heterocycles. The van der Waals surface area contributed by atoms with E-state index in [0.29, 0.717) is 5.92 Å². The molecule has 0 aliphatic heterocycles. The Morgan fingerprint density at radius 1 is 0.692 bits per heavy atom. The molecule has 4 nitrogen and oxygen atoms in total. The molecular weight excluding hydrogens is 875 g/mol. The first kappa shape index (κ1) is 37.1. The van der Waals surface area contributed by atoms with E-state index in [9.17, 15) is 0 Å². The van der Waals surface area contributed by atoms with Gasteiger partial charge in [0.05, 0.1) is 16.8 Å². The molecule has 261 valence electrons. The van der Waals surface area contributed by atoms with Crippen LogP contribution in [-0.4, -0.2) is 28.2 Å². The van der Waals surface area contributed by atoms with Crippen molar-refractivity contribution in [2.75, 3.05) is 0 Å². The molecule has 0 aliphatic carbocycles. The number of furan rings is 1. The number of pyridine rings is 3. The zero-order valence-electron chi connectivity index (χ0n) is 30.1. The minimum Gasteiger partial charge on any atom is 0 e. The van der Waals surface area contributed by atoms with Gasteiger partial charge in [-0.05, 0) is 35.2 Å². The molecule has 0 N–H and O–H groups in total. The van der Waals surface area contributed by atoms with Gasteiger partial charge in [0, 0.05) is 31.9 Å². The molecule has 0 saturated carbocycles. The fraction of sp³-hybridized carbons (Fsp3) is 0.152. The summed E-state index contributed by atoms with van der Waals surface area (Å²) in [6, 6.07) is 50.0. The van der Waals surface area contributed by atoms with Crippen molar-refractivity contribution in [3.8, 4) is 33.8 Å². The molecule has 0 spiro atoms. The second kappa shape index (κ2) is 16.3. The summed E-state index contributed by atoms with van der Waals surface area (Å²) in [4.78, 5) is 14.2. The summed E-state index contributed by atoms with van der Waals surface area (Å²) in [5, 5.41) is 0.985. The van der Waals surface area contributed by atoms with Gasteiger partial charge in [0.1, 0.15) is 5.58 Å². The number of hydrogen-bond acceptors (Lipinski definition) is 4. The van der Waals surface area contributed by atoms with E-state index in [0.717, 1.165) is 62.3 Å². The molecule has 52 heavy (non-hydrogen) atoms. The summed E-state index contributed by atoms with van der Waals surface area (Å²) in [6.07, 6.45) is 4.96. The van der Waals surface area contributed by atoms with E-state index in [1.807, 2.05) is 60.8 Å². The van der Waals surface area contributed by atoms with Crippen LogP contribution >= 0.6 is 0 Å². The van der Waals surface area contributed by atoms with Crippen molar-refractivity contribution in [2.24, 2.45) is 0 Å². The molecule has 0 bridgehead atoms. The minimum absolute atomic E-state index is 0. The number of fused-ring (bicyclic) bond motifs is 3. The predicted molar refractivity (Wildman–Crippen MR) is 214 cm³/mol. The average Bonchev–Trinajstić information content (AvgIpc) is 3.53. The van der Waals surface area contributed by atoms with Gasteiger partial charge < -0.3 is 9.40 Å². The van der Waals surface area contributed by atoms with E-state index in [2.05, 4.69) is 127 Å². The van der Waals surface area contributed by atoms with E-state index in [-0.39, 0.29) is 20.1 Å². The molecule has 8 rings (SSSR count). The van der Waals surface area contributed by atoms with Gasteiger partial charge in [-0.2, -0.15) is 0 Å². The van der Waals surface area contributed by atoms with Crippen LogP contribution in [0.5, 0.6) is 0 Å². The third-order valence-corrected chi connectivity index (χ3v) is 13.4. The Bertz CT molecular complexity index is 2400. The first-order valence-electron chi connectivity index (χ1n) is 17.5. The average molecular weight is 917 g/mol. The molecule has 6 heteroatoms. The first-order valence-corrected chi connectivity index (χ1v) is 24.8. The standard InChI is InChI=1S/C25H19N2O.C21H22GeN.Ir/c1-16(2)18-12-13-26-22(15-18)19-8-10-23-20(14-19)25-24(28-23)11-9-21(27-25)17-6-4-3-5-7-17;1-22(2,3)20-16-23-21(18-12-8-5-9-13-18)15-19(20)14-17-10-6-4-7-11-17;/h3-7,9-16H,1-2H3;4-12,15-16H,14H2,1-3H3;/q2*-1;. The Balaban J connectivity index is 0.000000179. The normalized spacial score (nSPS) is 11.3. The van der Waals surface area contributed by atoms with Crippen LogP contribution in [0.3, 0.4) is 0 Å². The van der Waals surface area contributed by atoms with Crippen molar-refractivity contribution in [3.63, 3.8) is 0 Å². The maximum Gasteiger partial charge on any atom is 0 e. The quantitative estimate of drug-likeness (QED) is 0.118. The maximum atomic E-state index is 5.98. The van der Waals surface area contributed by atoms with E-state index < -0.39 is 13.3 Å². The summed E-state index contributed by atoms with van der Waals surface area (Å²) in [5.41, 5.74) is 12.5. The van der Waals surface area contributed by atoms with E-state index in [1.54, 1.807) is 0 Å². The molecule has 4 heterocycles. The largest absolute Gasteiger partial charge is 0 e. The molecule has 0 aliphatic rings. The smallest absolute Gasteiger partial charge is 0 e. The van der Waals surface area contributed by atoms with Crippen molar-refractivity contribution in [1.82, 2.24) is 15.0 Å². The summed E-state index contributed by atoms with van der Waals surface area (Å²) in [7, 11) is 0.